The van der Waals surface area contributed by atoms with E-state index in [1.807, 2.05) is 72.3 Å². The fourth-order valence-corrected chi connectivity index (χ4v) is 2.87. The van der Waals surface area contributed by atoms with Gasteiger partial charge in [-0.1, -0.05) is 36.4 Å². The van der Waals surface area contributed by atoms with Crippen molar-refractivity contribution in [2.75, 3.05) is 5.32 Å². The van der Waals surface area contributed by atoms with Gasteiger partial charge in [0.1, 0.15) is 6.67 Å². The Bertz CT molecular complexity index is 1070. The third-order valence-electron chi connectivity index (χ3n) is 4.05. The van der Waals surface area contributed by atoms with Crippen LogP contribution in [0.1, 0.15) is 5.69 Å². The van der Waals surface area contributed by atoms with E-state index in [0.29, 0.717) is 17.4 Å². The van der Waals surface area contributed by atoms with E-state index in [4.69, 9.17) is 16.6 Å². The van der Waals surface area contributed by atoms with Gasteiger partial charge in [-0.25, -0.2) is 9.36 Å². The molecule has 0 saturated carbocycles. The second kappa shape index (κ2) is 6.97. The quantitative estimate of drug-likeness (QED) is 0.531. The van der Waals surface area contributed by atoms with Crippen molar-refractivity contribution in [3.05, 3.63) is 77.4 Å². The Morgan fingerprint density at radius 3 is 2.46 bits per heavy atom. The van der Waals surface area contributed by atoms with Crippen LogP contribution >= 0.6 is 12.2 Å². The first-order valence-corrected chi connectivity index (χ1v) is 8.60. The van der Waals surface area contributed by atoms with Gasteiger partial charge in [0.05, 0.1) is 23.1 Å². The average molecular weight is 363 g/mol. The predicted octanol–water partition coefficient (Wildman–Crippen LogP) is 4.44. The normalized spacial score (nSPS) is 10.8. The van der Waals surface area contributed by atoms with Gasteiger partial charge in [-0.15, -0.1) is 5.10 Å². The van der Waals surface area contributed by atoms with Crippen LogP contribution in [0.3, 0.4) is 0 Å². The molecular weight excluding hydrogens is 346 g/mol. The molecule has 4 aromatic rings. The van der Waals surface area contributed by atoms with Gasteiger partial charge in [0, 0.05) is 5.69 Å². The van der Waals surface area contributed by atoms with Crippen LogP contribution in [0.25, 0.3) is 17.1 Å². The van der Waals surface area contributed by atoms with Crippen LogP contribution in [0.15, 0.2) is 71.3 Å². The summed E-state index contributed by atoms with van der Waals surface area (Å²) in [4.78, 5) is 0.315. The Labute approximate surface area is 155 Å². The van der Waals surface area contributed by atoms with Gasteiger partial charge in [0.2, 0.25) is 5.89 Å². The summed E-state index contributed by atoms with van der Waals surface area (Å²) in [6.07, 6.45) is 1.75. The maximum absolute atomic E-state index is 5.69. The summed E-state index contributed by atoms with van der Waals surface area (Å²) in [5.74, 6) is 0.463. The highest BCUT2D eigenvalue weighted by molar-refractivity contribution is 7.71. The molecular formula is C19H17N5OS. The fourth-order valence-electron chi connectivity index (χ4n) is 2.69. The molecule has 0 amide bonds. The van der Waals surface area contributed by atoms with Gasteiger partial charge in [-0.2, -0.15) is 5.10 Å². The second-order valence-electron chi connectivity index (χ2n) is 5.76. The first-order chi connectivity index (χ1) is 12.7. The van der Waals surface area contributed by atoms with E-state index in [9.17, 15) is 0 Å². The molecule has 0 unspecified atom stereocenters. The summed E-state index contributed by atoms with van der Waals surface area (Å²) in [6, 6.07) is 19.8. The smallest absolute Gasteiger partial charge is 0.289 e. The number of aromatic nitrogens is 4. The largest absolute Gasteiger partial charge is 0.409 e. The Morgan fingerprint density at radius 1 is 1.04 bits per heavy atom. The van der Waals surface area contributed by atoms with Crippen molar-refractivity contribution >= 4 is 17.9 Å². The average Bonchev–Trinajstić information content (AvgIpc) is 3.24. The Hall–Kier alpha value is -3.19. The molecule has 1 N–H and O–H groups in total. The van der Waals surface area contributed by atoms with E-state index < -0.39 is 0 Å². The van der Waals surface area contributed by atoms with Crippen LogP contribution in [-0.2, 0) is 6.67 Å². The molecule has 0 saturated heterocycles. The second-order valence-corrected chi connectivity index (χ2v) is 6.11. The van der Waals surface area contributed by atoms with Gasteiger partial charge in [-0.05, 0) is 43.4 Å². The summed E-state index contributed by atoms with van der Waals surface area (Å²) in [6.45, 7) is 2.41. The third kappa shape index (κ3) is 3.16. The molecule has 0 aliphatic heterocycles. The molecule has 0 aliphatic carbocycles. The van der Waals surface area contributed by atoms with Gasteiger partial charge in [0.15, 0.2) is 0 Å². The van der Waals surface area contributed by atoms with Crippen molar-refractivity contribution in [1.82, 2.24) is 19.6 Å². The molecule has 0 fully saturated rings. The molecule has 0 aliphatic rings. The van der Waals surface area contributed by atoms with E-state index in [1.54, 1.807) is 10.9 Å². The van der Waals surface area contributed by atoms with E-state index in [0.717, 1.165) is 22.6 Å². The SMILES string of the molecule is Cc1c(-c2nn(CNc3ccccc3)c(=S)o2)cnn1-c1ccccc1. The Morgan fingerprint density at radius 2 is 1.73 bits per heavy atom. The summed E-state index contributed by atoms with van der Waals surface area (Å²) < 4.78 is 9.17. The third-order valence-corrected chi connectivity index (χ3v) is 4.35. The Balaban J connectivity index is 1.60. The zero-order valence-corrected chi connectivity index (χ0v) is 15.0. The highest BCUT2D eigenvalue weighted by Crippen LogP contribution is 2.24. The molecule has 4 rings (SSSR count). The number of para-hydroxylation sites is 2. The van der Waals surface area contributed by atoms with Gasteiger partial charge >= 0.3 is 0 Å². The molecule has 2 aromatic carbocycles. The van der Waals surface area contributed by atoms with Crippen LogP contribution < -0.4 is 5.32 Å². The number of hydrogen-bond acceptors (Lipinski definition) is 5. The van der Waals surface area contributed by atoms with Crippen molar-refractivity contribution in [3.63, 3.8) is 0 Å². The maximum Gasteiger partial charge on any atom is 0.289 e. The van der Waals surface area contributed by atoms with Crippen molar-refractivity contribution in [3.8, 4) is 17.1 Å². The number of nitrogens with one attached hydrogen (secondary N) is 1. The lowest BCUT2D eigenvalue weighted by Crippen LogP contribution is -2.09. The zero-order valence-electron chi connectivity index (χ0n) is 14.2. The molecule has 6 nitrogen and oxygen atoms in total. The topological polar surface area (TPSA) is 60.8 Å². The maximum atomic E-state index is 5.69. The molecule has 130 valence electrons. The molecule has 0 atom stereocenters. The highest BCUT2D eigenvalue weighted by Gasteiger charge is 2.15. The molecule has 0 spiro atoms. The minimum Gasteiger partial charge on any atom is -0.409 e. The Kier molecular flexibility index (Phi) is 4.37. The summed E-state index contributed by atoms with van der Waals surface area (Å²) in [7, 11) is 0. The molecule has 2 aromatic heterocycles. The molecule has 0 radical (unpaired) electrons. The van der Waals surface area contributed by atoms with Crippen LogP contribution in [-0.4, -0.2) is 19.6 Å². The number of hydrogen-bond donors (Lipinski definition) is 1. The molecule has 7 heteroatoms. The highest BCUT2D eigenvalue weighted by atomic mass is 32.1. The lowest BCUT2D eigenvalue weighted by Gasteiger charge is -2.04. The minimum atomic E-state index is 0.315. The van der Waals surface area contributed by atoms with E-state index in [2.05, 4.69) is 15.5 Å². The molecule has 26 heavy (non-hydrogen) atoms. The fraction of sp³-hybridized carbons (Fsp3) is 0.105. The van der Waals surface area contributed by atoms with Crippen LogP contribution in [0.2, 0.25) is 0 Å². The van der Waals surface area contributed by atoms with Crippen LogP contribution in [0.5, 0.6) is 0 Å². The first-order valence-electron chi connectivity index (χ1n) is 8.19. The van der Waals surface area contributed by atoms with Crippen molar-refractivity contribution in [2.24, 2.45) is 0 Å². The molecule has 2 heterocycles. The van der Waals surface area contributed by atoms with E-state index in [-0.39, 0.29) is 0 Å². The number of nitrogens with zero attached hydrogens (tertiary/aromatic N) is 4. The predicted molar refractivity (Wildman–Crippen MR) is 103 cm³/mol. The van der Waals surface area contributed by atoms with Crippen molar-refractivity contribution < 1.29 is 4.42 Å². The standard InChI is InChI=1S/C19H17N5OS/c1-14-17(12-21-24(14)16-10-6-3-7-11-16)18-22-23(19(26)25-18)13-20-15-8-4-2-5-9-15/h2-12,20H,13H2,1H3. The van der Waals surface area contributed by atoms with Crippen molar-refractivity contribution in [1.29, 1.82) is 0 Å². The monoisotopic (exact) mass is 363 g/mol. The van der Waals surface area contributed by atoms with Crippen molar-refractivity contribution in [2.45, 2.75) is 13.6 Å². The van der Waals surface area contributed by atoms with E-state index >= 15 is 0 Å². The van der Waals surface area contributed by atoms with Gasteiger partial charge in [-0.3, -0.25) is 0 Å². The summed E-state index contributed by atoms with van der Waals surface area (Å²) in [5.41, 5.74) is 3.74. The number of rotatable bonds is 5. The molecule has 0 bridgehead atoms. The van der Waals surface area contributed by atoms with Gasteiger partial charge in [0.25, 0.3) is 4.84 Å². The van der Waals surface area contributed by atoms with Gasteiger partial charge < -0.3 is 9.73 Å². The number of benzene rings is 2. The van der Waals surface area contributed by atoms with Crippen LogP contribution in [0.4, 0.5) is 5.69 Å². The van der Waals surface area contributed by atoms with Crippen LogP contribution in [0, 0.1) is 11.8 Å². The minimum absolute atomic E-state index is 0.315. The lowest BCUT2D eigenvalue weighted by atomic mass is 10.2. The number of anilines is 1. The lowest BCUT2D eigenvalue weighted by molar-refractivity contribution is 0.522. The van der Waals surface area contributed by atoms with E-state index in [1.165, 1.54) is 0 Å². The summed E-state index contributed by atoms with van der Waals surface area (Å²) in [5, 5.41) is 12.2. The summed E-state index contributed by atoms with van der Waals surface area (Å²) >= 11 is 5.30. The zero-order chi connectivity index (χ0) is 17.9. The first kappa shape index (κ1) is 16.3.